The molecule has 2 heterocycles. The molecule has 0 spiro atoms. The van der Waals surface area contributed by atoms with Gasteiger partial charge in [-0.2, -0.15) is 0 Å². The molecule has 0 bridgehead atoms. The molecule has 0 atom stereocenters. The van der Waals surface area contributed by atoms with Crippen molar-refractivity contribution in [1.82, 2.24) is 9.13 Å². The van der Waals surface area contributed by atoms with Crippen molar-refractivity contribution in [1.29, 1.82) is 0 Å². The number of nitrogens with one attached hydrogen (secondary N) is 1. The monoisotopic (exact) mass is 457 g/mol. The molecule has 0 saturated heterocycles. The maximum absolute atomic E-state index is 13.3. The summed E-state index contributed by atoms with van der Waals surface area (Å²) in [4.78, 5) is 39.1. The highest BCUT2D eigenvalue weighted by Gasteiger charge is 2.19. The van der Waals surface area contributed by atoms with Crippen LogP contribution in [0.1, 0.15) is 11.1 Å². The van der Waals surface area contributed by atoms with Crippen LogP contribution in [-0.4, -0.2) is 15.0 Å². The van der Waals surface area contributed by atoms with Gasteiger partial charge in [-0.15, -0.1) is 11.3 Å². The molecule has 0 aliphatic heterocycles. The molecule has 2 aromatic carbocycles. The lowest BCUT2D eigenvalue weighted by molar-refractivity contribution is -0.116. The average Bonchev–Trinajstić information content (AvgIpc) is 3.20. The summed E-state index contributed by atoms with van der Waals surface area (Å²) in [6, 6.07) is 10.7. The number of aromatic nitrogens is 2. The molecule has 9 heteroatoms. The van der Waals surface area contributed by atoms with E-state index in [0.717, 1.165) is 21.8 Å². The Morgan fingerprint density at radius 2 is 1.90 bits per heavy atom. The number of rotatable bonds is 4. The Kier molecular flexibility index (Phi) is 5.51. The first kappa shape index (κ1) is 21.0. The minimum absolute atomic E-state index is 0.0433. The summed E-state index contributed by atoms with van der Waals surface area (Å²) >= 11 is 7.18. The average molecular weight is 458 g/mol. The van der Waals surface area contributed by atoms with Gasteiger partial charge in [0.05, 0.1) is 21.9 Å². The number of hydrogen-bond acceptors (Lipinski definition) is 4. The number of fused-ring (bicyclic) bond motifs is 1. The molecule has 0 saturated carbocycles. The van der Waals surface area contributed by atoms with E-state index in [-0.39, 0.29) is 17.3 Å². The van der Waals surface area contributed by atoms with Gasteiger partial charge in [0, 0.05) is 0 Å². The molecule has 4 aromatic rings. The van der Waals surface area contributed by atoms with E-state index in [1.54, 1.807) is 17.5 Å². The van der Waals surface area contributed by atoms with Gasteiger partial charge in [-0.25, -0.2) is 13.8 Å². The third-order valence-electron chi connectivity index (χ3n) is 4.87. The van der Waals surface area contributed by atoms with Gasteiger partial charge < -0.3 is 5.32 Å². The van der Waals surface area contributed by atoms with Gasteiger partial charge in [0.1, 0.15) is 17.1 Å². The van der Waals surface area contributed by atoms with Crippen LogP contribution in [0.25, 0.3) is 15.9 Å². The summed E-state index contributed by atoms with van der Waals surface area (Å²) in [5.74, 6) is -1.06. The molecule has 6 nitrogen and oxygen atoms in total. The third kappa shape index (κ3) is 3.92. The molecule has 4 rings (SSSR count). The van der Waals surface area contributed by atoms with E-state index in [0.29, 0.717) is 15.9 Å². The van der Waals surface area contributed by atoms with Crippen molar-refractivity contribution >= 4 is 44.7 Å². The minimum atomic E-state index is -0.620. The molecule has 1 N–H and O–H groups in total. The standard InChI is InChI=1S/C22H17ClFN3O3S/c1-12-3-4-13(2)18(9-12)27-21(29)20-17(7-8-31-20)26(22(27)30)11-19(28)25-16-6-5-14(24)10-15(16)23/h3-10H,11H2,1-2H3,(H,25,28). The van der Waals surface area contributed by atoms with Crippen molar-refractivity contribution < 1.29 is 9.18 Å². The highest BCUT2D eigenvalue weighted by atomic mass is 35.5. The van der Waals surface area contributed by atoms with E-state index < -0.39 is 23.0 Å². The van der Waals surface area contributed by atoms with Crippen LogP contribution in [0.15, 0.2) is 57.4 Å². The first-order valence-corrected chi connectivity index (χ1v) is 10.6. The van der Waals surface area contributed by atoms with E-state index in [2.05, 4.69) is 5.32 Å². The largest absolute Gasteiger partial charge is 0.336 e. The summed E-state index contributed by atoms with van der Waals surface area (Å²) in [6.45, 7) is 3.34. The van der Waals surface area contributed by atoms with E-state index in [1.165, 1.54) is 28.0 Å². The number of anilines is 1. The van der Waals surface area contributed by atoms with E-state index in [4.69, 9.17) is 11.6 Å². The normalized spacial score (nSPS) is 11.1. The lowest BCUT2D eigenvalue weighted by Crippen LogP contribution is -2.40. The van der Waals surface area contributed by atoms with Gasteiger partial charge in [0.15, 0.2) is 0 Å². The molecule has 0 fully saturated rings. The molecule has 2 aromatic heterocycles. The van der Waals surface area contributed by atoms with Gasteiger partial charge in [-0.05, 0) is 60.7 Å². The van der Waals surface area contributed by atoms with Crippen molar-refractivity contribution in [2.75, 3.05) is 5.32 Å². The predicted octanol–water partition coefficient (Wildman–Crippen LogP) is 4.26. The van der Waals surface area contributed by atoms with Crippen LogP contribution in [-0.2, 0) is 11.3 Å². The van der Waals surface area contributed by atoms with Gasteiger partial charge in [-0.3, -0.25) is 14.2 Å². The molecular formula is C22H17ClFN3O3S. The molecule has 1 amide bonds. The first-order valence-electron chi connectivity index (χ1n) is 9.32. The van der Waals surface area contributed by atoms with Crippen LogP contribution in [0.5, 0.6) is 0 Å². The Hall–Kier alpha value is -3.23. The fourth-order valence-electron chi connectivity index (χ4n) is 3.34. The fraction of sp³-hybridized carbons (Fsp3) is 0.136. The zero-order chi connectivity index (χ0) is 22.3. The highest BCUT2D eigenvalue weighted by molar-refractivity contribution is 7.17. The van der Waals surface area contributed by atoms with Crippen molar-refractivity contribution in [3.05, 3.63) is 90.6 Å². The van der Waals surface area contributed by atoms with E-state index in [9.17, 15) is 18.8 Å². The number of halogens is 2. The number of carbonyl (C=O) groups is 1. The van der Waals surface area contributed by atoms with Crippen molar-refractivity contribution in [2.24, 2.45) is 0 Å². The number of thiophene rings is 1. The molecule has 31 heavy (non-hydrogen) atoms. The second-order valence-electron chi connectivity index (χ2n) is 7.11. The number of benzene rings is 2. The summed E-state index contributed by atoms with van der Waals surface area (Å²) in [5, 5.41) is 4.32. The highest BCUT2D eigenvalue weighted by Crippen LogP contribution is 2.23. The molecule has 0 unspecified atom stereocenters. The van der Waals surface area contributed by atoms with Crippen LogP contribution in [0, 0.1) is 19.7 Å². The maximum Gasteiger partial charge on any atom is 0.336 e. The first-order chi connectivity index (χ1) is 14.8. The van der Waals surface area contributed by atoms with Gasteiger partial charge in [-0.1, -0.05) is 23.7 Å². The number of nitrogens with zero attached hydrogens (tertiary/aromatic N) is 2. The summed E-state index contributed by atoms with van der Waals surface area (Å²) in [7, 11) is 0. The molecule has 0 aliphatic rings. The van der Waals surface area contributed by atoms with Crippen LogP contribution in [0.3, 0.4) is 0 Å². The number of amides is 1. The lowest BCUT2D eigenvalue weighted by atomic mass is 10.1. The Labute approximate surface area is 185 Å². The summed E-state index contributed by atoms with van der Waals surface area (Å²) < 4.78 is 16.0. The predicted molar refractivity (Wildman–Crippen MR) is 121 cm³/mol. The number of aryl methyl sites for hydroxylation is 2. The Balaban J connectivity index is 1.82. The van der Waals surface area contributed by atoms with Gasteiger partial charge >= 0.3 is 5.69 Å². The van der Waals surface area contributed by atoms with Gasteiger partial charge in [0.2, 0.25) is 5.91 Å². The molecule has 158 valence electrons. The zero-order valence-corrected chi connectivity index (χ0v) is 18.2. The Morgan fingerprint density at radius 1 is 1.13 bits per heavy atom. The molecular weight excluding hydrogens is 441 g/mol. The third-order valence-corrected chi connectivity index (χ3v) is 6.07. The van der Waals surface area contributed by atoms with Crippen molar-refractivity contribution in [3.63, 3.8) is 0 Å². The molecule has 0 aliphatic carbocycles. The van der Waals surface area contributed by atoms with Crippen LogP contribution in [0.2, 0.25) is 5.02 Å². The second-order valence-corrected chi connectivity index (χ2v) is 8.43. The topological polar surface area (TPSA) is 73.1 Å². The smallest absolute Gasteiger partial charge is 0.323 e. The van der Waals surface area contributed by atoms with Crippen LogP contribution in [0.4, 0.5) is 10.1 Å². The summed E-state index contributed by atoms with van der Waals surface area (Å²) in [6.07, 6.45) is 0. The Morgan fingerprint density at radius 3 is 2.65 bits per heavy atom. The van der Waals surface area contributed by atoms with Crippen molar-refractivity contribution in [2.45, 2.75) is 20.4 Å². The zero-order valence-electron chi connectivity index (χ0n) is 16.6. The quantitative estimate of drug-likeness (QED) is 0.497. The van der Waals surface area contributed by atoms with Crippen LogP contribution < -0.4 is 16.6 Å². The van der Waals surface area contributed by atoms with E-state index in [1.807, 2.05) is 26.0 Å². The summed E-state index contributed by atoms with van der Waals surface area (Å²) in [5.41, 5.74) is 1.68. The van der Waals surface area contributed by atoms with Crippen molar-refractivity contribution in [3.8, 4) is 5.69 Å². The van der Waals surface area contributed by atoms with Gasteiger partial charge in [0.25, 0.3) is 5.56 Å². The minimum Gasteiger partial charge on any atom is -0.323 e. The SMILES string of the molecule is Cc1ccc(C)c(-n2c(=O)c3sccc3n(CC(=O)Nc3ccc(F)cc3Cl)c2=O)c1. The van der Waals surface area contributed by atoms with E-state index >= 15 is 0 Å². The second kappa shape index (κ2) is 8.13. The Bertz CT molecular complexity index is 1450. The molecule has 0 radical (unpaired) electrons. The maximum atomic E-state index is 13.3. The lowest BCUT2D eigenvalue weighted by Gasteiger charge is -2.14. The number of carbonyl (C=O) groups excluding carboxylic acids is 1. The number of hydrogen-bond donors (Lipinski definition) is 1. The fourth-order valence-corrected chi connectivity index (χ4v) is 4.38. The van der Waals surface area contributed by atoms with Crippen LogP contribution >= 0.6 is 22.9 Å².